The number of hydrogen-bond donors (Lipinski definition) is 1. The fourth-order valence-corrected chi connectivity index (χ4v) is 5.79. The zero-order valence-corrected chi connectivity index (χ0v) is 24.0. The van der Waals surface area contributed by atoms with Crippen LogP contribution in [0, 0.1) is 12.3 Å². The van der Waals surface area contributed by atoms with E-state index in [1.165, 1.54) is 6.26 Å². The van der Waals surface area contributed by atoms with Crippen molar-refractivity contribution in [2.24, 2.45) is 0 Å². The molecule has 1 fully saturated rings. The molecule has 1 aliphatic heterocycles. The van der Waals surface area contributed by atoms with Crippen LogP contribution >= 0.6 is 0 Å². The van der Waals surface area contributed by atoms with E-state index >= 15 is 0 Å². The van der Waals surface area contributed by atoms with Crippen molar-refractivity contribution >= 4 is 21.7 Å². The average molecular weight is 552 g/mol. The van der Waals surface area contributed by atoms with Crippen molar-refractivity contribution in [1.82, 2.24) is 15.1 Å². The van der Waals surface area contributed by atoms with Crippen LogP contribution in [0.2, 0.25) is 0 Å². The van der Waals surface area contributed by atoms with Gasteiger partial charge in [-0.1, -0.05) is 42.5 Å². The molecule has 2 aromatic rings. The van der Waals surface area contributed by atoms with E-state index in [9.17, 15) is 18.0 Å². The molecule has 1 N–H and O–H groups in total. The summed E-state index contributed by atoms with van der Waals surface area (Å²) in [5.74, 6) is 2.68. The van der Waals surface area contributed by atoms with Crippen LogP contribution < -0.4 is 5.32 Å². The molecule has 3 rings (SSSR count). The van der Waals surface area contributed by atoms with Gasteiger partial charge in [-0.2, -0.15) is 0 Å². The number of hydrogen-bond acceptors (Lipinski definition) is 5. The summed E-state index contributed by atoms with van der Waals surface area (Å²) in [6.45, 7) is 5.31. The molecule has 0 radical (unpaired) electrons. The first kappa shape index (κ1) is 30.4. The molecule has 0 bridgehead atoms. The van der Waals surface area contributed by atoms with Gasteiger partial charge in [-0.15, -0.1) is 12.3 Å². The standard InChI is InChI=1S/C31H41N3O4S/c1-4-6-8-13-30(35)32-29(26-11-9-7-10-12-26)20-23-33-21-18-27(19-22-33)34(5-2)31(36)24-25-14-16-28(17-15-25)39(3,37)38/h1,7,9-12,14-17,27,29H,5-6,8,13,18-24H2,2-3H3,(H,32,35). The maximum atomic E-state index is 13.1. The van der Waals surface area contributed by atoms with Gasteiger partial charge < -0.3 is 15.1 Å². The van der Waals surface area contributed by atoms with Crippen LogP contribution in [0.4, 0.5) is 0 Å². The maximum Gasteiger partial charge on any atom is 0.227 e. The molecule has 1 unspecified atom stereocenters. The van der Waals surface area contributed by atoms with Crippen molar-refractivity contribution in [2.45, 2.75) is 68.8 Å². The van der Waals surface area contributed by atoms with Crippen molar-refractivity contribution < 1.29 is 18.0 Å². The third-order valence-electron chi connectivity index (χ3n) is 7.36. The quantitative estimate of drug-likeness (QED) is 0.301. The van der Waals surface area contributed by atoms with E-state index in [2.05, 4.69) is 28.3 Å². The summed E-state index contributed by atoms with van der Waals surface area (Å²) < 4.78 is 23.4. The normalized spacial score (nSPS) is 15.3. The third-order valence-corrected chi connectivity index (χ3v) is 8.49. The number of rotatable bonds is 13. The van der Waals surface area contributed by atoms with E-state index in [-0.39, 0.29) is 35.2 Å². The molecule has 39 heavy (non-hydrogen) atoms. The highest BCUT2D eigenvalue weighted by Gasteiger charge is 2.27. The van der Waals surface area contributed by atoms with E-state index in [4.69, 9.17) is 6.42 Å². The summed E-state index contributed by atoms with van der Waals surface area (Å²) in [5.41, 5.74) is 1.92. The van der Waals surface area contributed by atoms with Crippen LogP contribution in [0.15, 0.2) is 59.5 Å². The zero-order valence-electron chi connectivity index (χ0n) is 23.1. The Morgan fingerprint density at radius 1 is 1.10 bits per heavy atom. The monoisotopic (exact) mass is 551 g/mol. The van der Waals surface area contributed by atoms with Gasteiger partial charge in [0.2, 0.25) is 11.8 Å². The SMILES string of the molecule is C#CCCCC(=O)NC(CCN1CCC(N(CC)C(=O)Cc2ccc(S(C)(=O)=O)cc2)CC1)c1ccccc1. The van der Waals surface area contributed by atoms with Gasteiger partial charge in [-0.25, -0.2) is 8.42 Å². The summed E-state index contributed by atoms with van der Waals surface area (Å²) in [6.07, 6.45) is 11.1. The predicted molar refractivity (Wildman–Crippen MR) is 155 cm³/mol. The van der Waals surface area contributed by atoms with Crippen molar-refractivity contribution in [2.75, 3.05) is 32.4 Å². The Morgan fingerprint density at radius 3 is 2.36 bits per heavy atom. The van der Waals surface area contributed by atoms with Gasteiger partial charge in [0.25, 0.3) is 0 Å². The van der Waals surface area contributed by atoms with Gasteiger partial charge in [0.1, 0.15) is 0 Å². The third kappa shape index (κ3) is 9.52. The molecule has 1 heterocycles. The Morgan fingerprint density at radius 2 is 1.77 bits per heavy atom. The number of likely N-dealkylation sites (tertiary alicyclic amines) is 1. The summed E-state index contributed by atoms with van der Waals surface area (Å²) in [7, 11) is -3.26. The smallest absolute Gasteiger partial charge is 0.227 e. The van der Waals surface area contributed by atoms with Crippen molar-refractivity contribution in [1.29, 1.82) is 0 Å². The van der Waals surface area contributed by atoms with Gasteiger partial charge in [0, 0.05) is 51.3 Å². The molecule has 0 aliphatic carbocycles. The number of carbonyl (C=O) groups excluding carboxylic acids is 2. The predicted octanol–water partition coefficient (Wildman–Crippen LogP) is 4.00. The van der Waals surface area contributed by atoms with Gasteiger partial charge in [0.15, 0.2) is 9.84 Å². The Kier molecular flexibility index (Phi) is 11.6. The number of terminal acetylenes is 1. The number of sulfone groups is 1. The minimum atomic E-state index is -3.26. The molecule has 0 saturated carbocycles. The number of amides is 2. The molecular weight excluding hydrogens is 510 g/mol. The van der Waals surface area contributed by atoms with Crippen molar-refractivity contribution in [3.8, 4) is 12.3 Å². The second kappa shape index (κ2) is 14.9. The van der Waals surface area contributed by atoms with Crippen LogP contribution in [0.5, 0.6) is 0 Å². The molecule has 0 aromatic heterocycles. The van der Waals surface area contributed by atoms with Gasteiger partial charge >= 0.3 is 0 Å². The molecule has 1 saturated heterocycles. The van der Waals surface area contributed by atoms with E-state index in [1.807, 2.05) is 30.0 Å². The second-order valence-electron chi connectivity index (χ2n) is 10.2. The Hall–Kier alpha value is -3.15. The molecule has 210 valence electrons. The van der Waals surface area contributed by atoms with E-state index in [0.717, 1.165) is 50.0 Å². The molecule has 2 aromatic carbocycles. The van der Waals surface area contributed by atoms with Crippen LogP contribution in [0.1, 0.15) is 62.6 Å². The largest absolute Gasteiger partial charge is 0.349 e. The molecule has 7 nitrogen and oxygen atoms in total. The highest BCUT2D eigenvalue weighted by molar-refractivity contribution is 7.90. The summed E-state index contributed by atoms with van der Waals surface area (Å²) >= 11 is 0. The average Bonchev–Trinajstić information content (AvgIpc) is 2.92. The van der Waals surface area contributed by atoms with Crippen LogP contribution in [0.3, 0.4) is 0 Å². The second-order valence-corrected chi connectivity index (χ2v) is 12.2. The van der Waals surface area contributed by atoms with Gasteiger partial charge in [-0.05, 0) is 55.9 Å². The van der Waals surface area contributed by atoms with Gasteiger partial charge in [-0.3, -0.25) is 9.59 Å². The van der Waals surface area contributed by atoms with Crippen LogP contribution in [-0.4, -0.2) is 68.5 Å². The van der Waals surface area contributed by atoms with Gasteiger partial charge in [0.05, 0.1) is 17.4 Å². The highest BCUT2D eigenvalue weighted by Crippen LogP contribution is 2.22. The number of unbranched alkanes of at least 4 members (excludes halogenated alkanes) is 1. The lowest BCUT2D eigenvalue weighted by atomic mass is 9.99. The first-order valence-electron chi connectivity index (χ1n) is 13.8. The van der Waals surface area contributed by atoms with Crippen molar-refractivity contribution in [3.63, 3.8) is 0 Å². The summed E-state index contributed by atoms with van der Waals surface area (Å²) in [4.78, 5) is 30.3. The molecule has 2 amide bonds. The Bertz CT molecular complexity index is 1210. The molecule has 8 heteroatoms. The lowest BCUT2D eigenvalue weighted by Gasteiger charge is -2.38. The van der Waals surface area contributed by atoms with E-state index in [0.29, 0.717) is 25.8 Å². The first-order valence-corrected chi connectivity index (χ1v) is 15.7. The van der Waals surface area contributed by atoms with Crippen LogP contribution in [-0.2, 0) is 25.8 Å². The fraction of sp³-hybridized carbons (Fsp3) is 0.484. The number of benzene rings is 2. The molecule has 1 atom stereocenters. The summed E-state index contributed by atoms with van der Waals surface area (Å²) in [5, 5.41) is 3.20. The van der Waals surface area contributed by atoms with E-state index < -0.39 is 9.84 Å². The number of nitrogens with zero attached hydrogens (tertiary/aromatic N) is 2. The Balaban J connectivity index is 1.51. The fourth-order valence-electron chi connectivity index (χ4n) is 5.16. The lowest BCUT2D eigenvalue weighted by Crippen LogP contribution is -2.48. The summed E-state index contributed by atoms with van der Waals surface area (Å²) in [6, 6.07) is 16.8. The zero-order chi connectivity index (χ0) is 28.3. The maximum absolute atomic E-state index is 13.1. The number of likely N-dealkylation sites (N-methyl/N-ethyl adjacent to an activating group) is 1. The molecule has 1 aliphatic rings. The first-order chi connectivity index (χ1) is 18.7. The Labute approximate surface area is 233 Å². The van der Waals surface area contributed by atoms with E-state index in [1.54, 1.807) is 24.3 Å². The number of nitrogens with one attached hydrogen (secondary N) is 1. The molecular formula is C31H41N3O4S. The number of carbonyl (C=O) groups is 2. The van der Waals surface area contributed by atoms with Crippen molar-refractivity contribution in [3.05, 3.63) is 65.7 Å². The topological polar surface area (TPSA) is 86.8 Å². The minimum absolute atomic E-state index is 0.0286. The highest BCUT2D eigenvalue weighted by atomic mass is 32.2. The minimum Gasteiger partial charge on any atom is -0.349 e. The number of piperidine rings is 1. The molecule has 0 spiro atoms. The van der Waals surface area contributed by atoms with Crippen LogP contribution in [0.25, 0.3) is 0 Å². The lowest BCUT2D eigenvalue weighted by molar-refractivity contribution is -0.133.